The monoisotopic (exact) mass is 319 g/mol. The molecule has 3 rings (SSSR count). The van der Waals surface area contributed by atoms with E-state index in [2.05, 4.69) is 5.32 Å². The number of benzene rings is 2. The topological polar surface area (TPSA) is 47.6 Å². The zero-order chi connectivity index (χ0) is 16.4. The van der Waals surface area contributed by atoms with E-state index in [1.54, 1.807) is 25.1 Å². The van der Waals surface area contributed by atoms with Crippen LogP contribution < -0.4 is 14.8 Å². The minimum absolute atomic E-state index is 0.198. The van der Waals surface area contributed by atoms with Gasteiger partial charge in [0.15, 0.2) is 11.5 Å². The molecule has 1 amide bonds. The Hall–Kier alpha value is -2.63. The molecule has 1 unspecified atom stereocenters. The fourth-order valence-corrected chi connectivity index (χ4v) is 2.36. The number of hydrogen-bond acceptors (Lipinski definition) is 3. The molecular weight excluding hydrogens is 304 g/mol. The van der Waals surface area contributed by atoms with Crippen molar-refractivity contribution in [3.05, 3.63) is 59.2 Å². The van der Waals surface area contributed by atoms with Gasteiger partial charge in [-0.3, -0.25) is 4.79 Å². The third kappa shape index (κ3) is 3.26. The van der Waals surface area contributed by atoms with Gasteiger partial charge in [0.05, 0.1) is 11.6 Å². The highest BCUT2D eigenvalue weighted by molar-refractivity contribution is 5.94. The van der Waals surface area contributed by atoms with Crippen molar-refractivity contribution in [1.82, 2.24) is 5.32 Å². The Morgan fingerprint density at radius 3 is 2.57 bits per heavy atom. The van der Waals surface area contributed by atoms with Crippen LogP contribution in [0.3, 0.4) is 0 Å². The summed E-state index contributed by atoms with van der Waals surface area (Å²) in [4.78, 5) is 12.1. The quantitative estimate of drug-likeness (QED) is 0.945. The van der Waals surface area contributed by atoms with Gasteiger partial charge in [0, 0.05) is 6.07 Å². The first-order chi connectivity index (χ1) is 11.0. The van der Waals surface area contributed by atoms with E-state index in [0.29, 0.717) is 30.8 Å². The Balaban J connectivity index is 1.76. The van der Waals surface area contributed by atoms with Gasteiger partial charge in [0.1, 0.15) is 24.8 Å². The van der Waals surface area contributed by atoms with Crippen molar-refractivity contribution in [2.45, 2.75) is 13.0 Å². The van der Waals surface area contributed by atoms with Crippen molar-refractivity contribution in [3.63, 3.8) is 0 Å². The summed E-state index contributed by atoms with van der Waals surface area (Å²) in [7, 11) is 0. The summed E-state index contributed by atoms with van der Waals surface area (Å²) in [6.07, 6.45) is 0. The Morgan fingerprint density at radius 1 is 1.09 bits per heavy atom. The van der Waals surface area contributed by atoms with Crippen molar-refractivity contribution < 1.29 is 23.0 Å². The summed E-state index contributed by atoms with van der Waals surface area (Å²) in [6.45, 7) is 2.74. The summed E-state index contributed by atoms with van der Waals surface area (Å²) in [5.74, 6) is -0.952. The van der Waals surface area contributed by atoms with Crippen LogP contribution in [0.15, 0.2) is 36.4 Å². The van der Waals surface area contributed by atoms with Gasteiger partial charge in [-0.1, -0.05) is 6.07 Å². The molecule has 1 N–H and O–H groups in total. The molecule has 0 radical (unpaired) electrons. The summed E-state index contributed by atoms with van der Waals surface area (Å²) in [6, 6.07) is 7.83. The molecule has 0 fully saturated rings. The zero-order valence-corrected chi connectivity index (χ0v) is 12.4. The predicted molar refractivity (Wildman–Crippen MR) is 79.7 cm³/mol. The van der Waals surface area contributed by atoms with Gasteiger partial charge in [-0.2, -0.15) is 0 Å². The van der Waals surface area contributed by atoms with Crippen LogP contribution in [0.1, 0.15) is 28.9 Å². The molecule has 1 heterocycles. The van der Waals surface area contributed by atoms with E-state index in [-0.39, 0.29) is 11.6 Å². The van der Waals surface area contributed by atoms with Crippen molar-refractivity contribution in [1.29, 1.82) is 0 Å². The molecule has 0 bridgehead atoms. The van der Waals surface area contributed by atoms with Crippen molar-refractivity contribution in [2.75, 3.05) is 13.2 Å². The number of halogens is 2. The first kappa shape index (κ1) is 15.3. The predicted octanol–water partition coefficient (Wildman–Crippen LogP) is 3.23. The molecule has 1 atom stereocenters. The molecule has 2 aromatic carbocycles. The van der Waals surface area contributed by atoms with Gasteiger partial charge >= 0.3 is 0 Å². The van der Waals surface area contributed by atoms with Gasteiger partial charge in [0.25, 0.3) is 5.91 Å². The van der Waals surface area contributed by atoms with Crippen molar-refractivity contribution in [2.24, 2.45) is 0 Å². The molecule has 4 nitrogen and oxygen atoms in total. The Labute approximate surface area is 132 Å². The van der Waals surface area contributed by atoms with E-state index in [0.717, 1.165) is 17.7 Å². The summed E-state index contributed by atoms with van der Waals surface area (Å²) in [5, 5.41) is 2.68. The Kier molecular flexibility index (Phi) is 4.14. The second-order valence-electron chi connectivity index (χ2n) is 5.22. The number of hydrogen-bond donors (Lipinski definition) is 1. The Morgan fingerprint density at radius 2 is 1.83 bits per heavy atom. The lowest BCUT2D eigenvalue weighted by Crippen LogP contribution is -2.27. The lowest BCUT2D eigenvalue weighted by molar-refractivity contribution is 0.0935. The molecule has 120 valence electrons. The summed E-state index contributed by atoms with van der Waals surface area (Å²) in [5.41, 5.74) is 0.598. The van der Waals surface area contributed by atoms with Crippen LogP contribution in [0.4, 0.5) is 8.78 Å². The number of carbonyl (C=O) groups is 1. The van der Waals surface area contributed by atoms with Gasteiger partial charge < -0.3 is 14.8 Å². The largest absolute Gasteiger partial charge is 0.486 e. The lowest BCUT2D eigenvalue weighted by atomic mass is 10.1. The summed E-state index contributed by atoms with van der Waals surface area (Å²) >= 11 is 0. The lowest BCUT2D eigenvalue weighted by Gasteiger charge is -2.21. The minimum Gasteiger partial charge on any atom is -0.486 e. The van der Waals surface area contributed by atoms with Crippen LogP contribution in [0.25, 0.3) is 0 Å². The van der Waals surface area contributed by atoms with E-state index >= 15 is 0 Å². The number of ether oxygens (including phenoxy) is 2. The van der Waals surface area contributed by atoms with Gasteiger partial charge in [-0.25, -0.2) is 8.78 Å². The second kappa shape index (κ2) is 6.24. The van der Waals surface area contributed by atoms with Crippen LogP contribution in [-0.4, -0.2) is 19.1 Å². The maximum atomic E-state index is 13.6. The fourth-order valence-electron chi connectivity index (χ4n) is 2.36. The highest BCUT2D eigenvalue weighted by atomic mass is 19.1. The number of amides is 1. The molecule has 0 saturated heterocycles. The summed E-state index contributed by atoms with van der Waals surface area (Å²) < 4.78 is 37.5. The van der Waals surface area contributed by atoms with Gasteiger partial charge in [-0.15, -0.1) is 0 Å². The third-order valence-corrected chi connectivity index (χ3v) is 3.59. The second-order valence-corrected chi connectivity index (χ2v) is 5.22. The zero-order valence-electron chi connectivity index (χ0n) is 12.4. The van der Waals surface area contributed by atoms with Crippen LogP contribution in [0.5, 0.6) is 11.5 Å². The van der Waals surface area contributed by atoms with E-state index in [1.807, 2.05) is 0 Å². The van der Waals surface area contributed by atoms with E-state index in [4.69, 9.17) is 9.47 Å². The molecule has 23 heavy (non-hydrogen) atoms. The average Bonchev–Trinajstić information content (AvgIpc) is 2.54. The van der Waals surface area contributed by atoms with Gasteiger partial charge in [0.2, 0.25) is 0 Å². The minimum atomic E-state index is -0.892. The first-order valence-electron chi connectivity index (χ1n) is 7.20. The molecule has 1 aliphatic rings. The highest BCUT2D eigenvalue weighted by Crippen LogP contribution is 2.32. The molecule has 1 aliphatic heterocycles. The average molecular weight is 319 g/mol. The van der Waals surface area contributed by atoms with Crippen LogP contribution in [0.2, 0.25) is 0 Å². The van der Waals surface area contributed by atoms with Crippen LogP contribution >= 0.6 is 0 Å². The number of nitrogens with one attached hydrogen (secondary N) is 1. The van der Waals surface area contributed by atoms with Gasteiger partial charge in [-0.05, 0) is 36.8 Å². The van der Waals surface area contributed by atoms with E-state index < -0.39 is 17.5 Å². The number of carbonyl (C=O) groups excluding carboxylic acids is 1. The van der Waals surface area contributed by atoms with Crippen LogP contribution in [0, 0.1) is 11.6 Å². The SMILES string of the molecule is CC(NC(=O)c1ccc(F)cc1F)c1ccc2c(c1)OCCO2. The highest BCUT2D eigenvalue weighted by Gasteiger charge is 2.18. The number of rotatable bonds is 3. The molecule has 0 saturated carbocycles. The smallest absolute Gasteiger partial charge is 0.254 e. The fraction of sp³-hybridized carbons (Fsp3) is 0.235. The molecule has 6 heteroatoms. The first-order valence-corrected chi connectivity index (χ1v) is 7.20. The molecule has 0 spiro atoms. The maximum Gasteiger partial charge on any atom is 0.254 e. The van der Waals surface area contributed by atoms with E-state index in [1.165, 1.54) is 0 Å². The van der Waals surface area contributed by atoms with Crippen molar-refractivity contribution in [3.8, 4) is 11.5 Å². The number of fused-ring (bicyclic) bond motifs is 1. The van der Waals surface area contributed by atoms with E-state index in [9.17, 15) is 13.6 Å². The standard InChI is InChI=1S/C17H15F2NO3/c1-10(11-2-5-15-16(8-11)23-7-6-22-15)20-17(21)13-4-3-12(18)9-14(13)19/h2-5,8-10H,6-7H2,1H3,(H,20,21). The Bertz CT molecular complexity index is 749. The normalized spacial score (nSPS) is 14.2. The molecule has 0 aliphatic carbocycles. The third-order valence-electron chi connectivity index (χ3n) is 3.59. The molecule has 2 aromatic rings. The molecule has 0 aromatic heterocycles. The molecular formula is C17H15F2NO3. The van der Waals surface area contributed by atoms with Crippen LogP contribution in [-0.2, 0) is 0 Å². The van der Waals surface area contributed by atoms with Crippen molar-refractivity contribution >= 4 is 5.91 Å². The maximum absolute atomic E-state index is 13.6.